The number of nitrogens with one attached hydrogen (secondary N) is 2. The van der Waals surface area contributed by atoms with Crippen LogP contribution in [-0.2, 0) is 10.3 Å². The van der Waals surface area contributed by atoms with Gasteiger partial charge in [0.1, 0.15) is 0 Å². The molecule has 0 saturated carbocycles. The van der Waals surface area contributed by atoms with Crippen LogP contribution in [0.15, 0.2) is 51.9 Å². The van der Waals surface area contributed by atoms with Crippen LogP contribution in [0.2, 0.25) is 0 Å². The van der Waals surface area contributed by atoms with Gasteiger partial charge in [-0.1, -0.05) is 25.2 Å². The molecule has 1 saturated heterocycles. The molecule has 1 aliphatic carbocycles. The molecule has 3 rings (SSSR count). The highest BCUT2D eigenvalue weighted by molar-refractivity contribution is 7.10. The van der Waals surface area contributed by atoms with Crippen molar-refractivity contribution in [1.82, 2.24) is 10.2 Å². The summed E-state index contributed by atoms with van der Waals surface area (Å²) in [7, 11) is 3.44. The second kappa shape index (κ2) is 10.8. The molecule has 1 amide bonds. The lowest BCUT2D eigenvalue weighted by atomic mass is 9.77. The maximum atomic E-state index is 13.3. The van der Waals surface area contributed by atoms with E-state index >= 15 is 0 Å². The van der Waals surface area contributed by atoms with E-state index < -0.39 is 5.54 Å². The Bertz CT molecular complexity index is 1060. The van der Waals surface area contributed by atoms with Gasteiger partial charge in [0.05, 0.1) is 17.5 Å². The van der Waals surface area contributed by atoms with E-state index in [1.54, 1.807) is 25.4 Å². The predicted octanol–water partition coefficient (Wildman–Crippen LogP) is 5.28. The van der Waals surface area contributed by atoms with E-state index in [-0.39, 0.29) is 23.7 Å². The molecular weight excluding hydrogens is 430 g/mol. The van der Waals surface area contributed by atoms with Crippen molar-refractivity contribution < 1.29 is 4.79 Å². The average Bonchev–Trinajstić information content (AvgIpc) is 3.31. The van der Waals surface area contributed by atoms with Crippen LogP contribution in [0.4, 0.5) is 0 Å². The van der Waals surface area contributed by atoms with Gasteiger partial charge < -0.3 is 5.32 Å². The zero-order valence-electron chi connectivity index (χ0n) is 19.9. The summed E-state index contributed by atoms with van der Waals surface area (Å²) in [6, 6.07) is 4.41. The Balaban J connectivity index is 1.84. The van der Waals surface area contributed by atoms with Gasteiger partial charge in [-0.15, -0.1) is 11.3 Å². The number of carbonyl (C=O) groups excluding carboxylic acids is 1. The van der Waals surface area contributed by atoms with E-state index in [4.69, 9.17) is 5.41 Å². The maximum Gasteiger partial charge on any atom is 0.234 e. The van der Waals surface area contributed by atoms with Crippen LogP contribution in [0.25, 0.3) is 0 Å². The first-order valence-corrected chi connectivity index (χ1v) is 12.3. The van der Waals surface area contributed by atoms with E-state index in [1.165, 1.54) is 10.5 Å². The maximum absolute atomic E-state index is 13.3. The Morgan fingerprint density at radius 2 is 2.30 bits per heavy atom. The summed E-state index contributed by atoms with van der Waals surface area (Å²) in [6.45, 7) is 4.15. The Kier molecular flexibility index (Phi) is 8.04. The SMILES string of the molecule is CC/C=C(\C=N/C)CCCC1C(=O)N(C)C(=N)N[C@]1(C)c1cc(C2C=CC=C(C#N)C2)cs1. The Morgan fingerprint density at radius 3 is 3.00 bits per heavy atom. The lowest BCUT2D eigenvalue weighted by molar-refractivity contribution is -0.135. The van der Waals surface area contributed by atoms with Gasteiger partial charge in [-0.3, -0.25) is 20.1 Å². The van der Waals surface area contributed by atoms with Crippen LogP contribution in [0.1, 0.15) is 62.3 Å². The van der Waals surface area contributed by atoms with Gasteiger partial charge in [0.25, 0.3) is 0 Å². The van der Waals surface area contributed by atoms with Crippen molar-refractivity contribution in [2.75, 3.05) is 14.1 Å². The zero-order chi connectivity index (χ0) is 24.0. The Labute approximate surface area is 200 Å². The van der Waals surface area contributed by atoms with Crippen molar-refractivity contribution in [2.24, 2.45) is 10.9 Å². The van der Waals surface area contributed by atoms with Crippen molar-refractivity contribution in [3.8, 4) is 6.07 Å². The van der Waals surface area contributed by atoms with Crippen LogP contribution in [0.3, 0.4) is 0 Å². The normalized spacial score (nSPS) is 25.8. The second-order valence-electron chi connectivity index (χ2n) is 8.84. The van der Waals surface area contributed by atoms with Crippen LogP contribution in [-0.4, -0.2) is 37.1 Å². The quantitative estimate of drug-likeness (QED) is 0.514. The molecule has 1 aromatic rings. The molecule has 33 heavy (non-hydrogen) atoms. The summed E-state index contributed by atoms with van der Waals surface area (Å²) in [6.07, 6.45) is 14.1. The number of aliphatic imine (C=N–C) groups is 1. The van der Waals surface area contributed by atoms with Gasteiger partial charge >= 0.3 is 0 Å². The molecule has 0 radical (unpaired) electrons. The van der Waals surface area contributed by atoms with E-state index in [1.807, 2.05) is 25.3 Å². The minimum Gasteiger partial charge on any atom is -0.345 e. The molecule has 3 atom stereocenters. The molecule has 6 nitrogen and oxygen atoms in total. The molecule has 2 unspecified atom stereocenters. The Hall–Kier alpha value is -2.98. The first-order chi connectivity index (χ1) is 15.8. The number of carbonyl (C=O) groups is 1. The summed E-state index contributed by atoms with van der Waals surface area (Å²) >= 11 is 1.62. The van der Waals surface area contributed by atoms with Crippen LogP contribution >= 0.6 is 11.3 Å². The van der Waals surface area contributed by atoms with Crippen molar-refractivity contribution in [3.05, 3.63) is 57.3 Å². The van der Waals surface area contributed by atoms with E-state index in [9.17, 15) is 10.1 Å². The largest absolute Gasteiger partial charge is 0.345 e. The lowest BCUT2D eigenvalue weighted by Gasteiger charge is -2.45. The molecular formula is C26H33N5OS. The first kappa shape index (κ1) is 24.7. The monoisotopic (exact) mass is 463 g/mol. The highest BCUT2D eigenvalue weighted by atomic mass is 32.1. The van der Waals surface area contributed by atoms with E-state index in [0.29, 0.717) is 6.42 Å². The highest BCUT2D eigenvalue weighted by Crippen LogP contribution is 2.42. The molecule has 2 heterocycles. The molecule has 174 valence electrons. The molecule has 7 heteroatoms. The predicted molar refractivity (Wildman–Crippen MR) is 136 cm³/mol. The van der Waals surface area contributed by atoms with Crippen molar-refractivity contribution in [3.63, 3.8) is 0 Å². The van der Waals surface area contributed by atoms with E-state index in [0.717, 1.165) is 41.7 Å². The number of rotatable bonds is 8. The summed E-state index contributed by atoms with van der Waals surface area (Å²) in [4.78, 5) is 19.9. The van der Waals surface area contributed by atoms with Gasteiger partial charge in [0, 0.05) is 36.7 Å². The number of nitriles is 1. The second-order valence-corrected chi connectivity index (χ2v) is 9.75. The summed E-state index contributed by atoms with van der Waals surface area (Å²) in [5.74, 6) is -0.00604. The van der Waals surface area contributed by atoms with Gasteiger partial charge in [-0.25, -0.2) is 0 Å². The molecule has 0 spiro atoms. The number of amides is 1. The Morgan fingerprint density at radius 1 is 1.52 bits per heavy atom. The molecule has 2 aliphatic rings. The highest BCUT2D eigenvalue weighted by Gasteiger charge is 2.47. The third kappa shape index (κ3) is 5.33. The molecule has 1 fully saturated rings. The number of hydrogen-bond acceptors (Lipinski definition) is 5. The number of hydrogen-bond donors (Lipinski definition) is 2. The number of guanidine groups is 1. The topological polar surface area (TPSA) is 92.3 Å². The molecule has 1 aromatic heterocycles. The zero-order valence-corrected chi connectivity index (χ0v) is 20.7. The van der Waals surface area contributed by atoms with Crippen LogP contribution in [0, 0.1) is 22.7 Å². The average molecular weight is 464 g/mol. The number of allylic oxidation sites excluding steroid dienone is 6. The lowest BCUT2D eigenvalue weighted by Crippen LogP contribution is -2.63. The molecule has 0 aromatic carbocycles. The van der Waals surface area contributed by atoms with Gasteiger partial charge in [0.2, 0.25) is 5.91 Å². The first-order valence-electron chi connectivity index (χ1n) is 11.5. The van der Waals surface area contributed by atoms with Crippen molar-refractivity contribution in [2.45, 2.75) is 57.4 Å². The minimum absolute atomic E-state index is 0.0198. The smallest absolute Gasteiger partial charge is 0.234 e. The van der Waals surface area contributed by atoms with E-state index in [2.05, 4.69) is 46.9 Å². The van der Waals surface area contributed by atoms with Gasteiger partial charge in [0.15, 0.2) is 5.96 Å². The third-order valence-corrected chi connectivity index (χ3v) is 7.73. The molecule has 1 aliphatic heterocycles. The fraction of sp³-hybridized carbons (Fsp3) is 0.462. The molecule has 0 bridgehead atoms. The van der Waals surface area contributed by atoms with Gasteiger partial charge in [-0.05, 0) is 67.7 Å². The van der Waals surface area contributed by atoms with Crippen molar-refractivity contribution >= 4 is 29.4 Å². The van der Waals surface area contributed by atoms with Crippen LogP contribution in [0.5, 0.6) is 0 Å². The van der Waals surface area contributed by atoms with Crippen molar-refractivity contribution in [1.29, 1.82) is 10.7 Å². The van der Waals surface area contributed by atoms with Gasteiger partial charge in [-0.2, -0.15) is 5.26 Å². The fourth-order valence-electron chi connectivity index (χ4n) is 4.62. The standard InChI is InChI=1S/C26H33N5OS/c1-5-8-18(16-29-3)9-7-12-22-24(32)31(4)25(28)30-26(22,2)23-14-21(17-33-23)20-11-6-10-19(13-20)15-27/h6,8,10-11,14,16-17,20,22H,5,7,9,12-13H2,1-4H3,(H2,28,30)/b18-8-,29-16-/t20?,22?,26-/m0/s1. The number of nitrogens with zero attached hydrogens (tertiary/aromatic N) is 3. The van der Waals surface area contributed by atoms with Crippen LogP contribution < -0.4 is 5.32 Å². The fourth-order valence-corrected chi connectivity index (χ4v) is 5.77. The molecule has 2 N–H and O–H groups in total. The summed E-state index contributed by atoms with van der Waals surface area (Å²) in [5, 5.41) is 23.1. The summed E-state index contributed by atoms with van der Waals surface area (Å²) in [5.41, 5.74) is 2.48. The number of thiophene rings is 1. The summed E-state index contributed by atoms with van der Waals surface area (Å²) < 4.78 is 0. The minimum atomic E-state index is -0.649. The third-order valence-electron chi connectivity index (χ3n) is 6.54.